The number of carbonyl (C=O) groups excluding carboxylic acids is 1. The third kappa shape index (κ3) is 7.81. The molecule has 0 aromatic carbocycles. The Balaban J connectivity index is 1.32. The maximum atomic E-state index is 14.4. The predicted octanol–water partition coefficient (Wildman–Crippen LogP) is 6.04. The third-order valence-electron chi connectivity index (χ3n) is 14.5. The van der Waals surface area contributed by atoms with Gasteiger partial charge in [-0.2, -0.15) is 0 Å². The molecule has 5 aliphatic rings. The summed E-state index contributed by atoms with van der Waals surface area (Å²) < 4.78 is 33.5. The van der Waals surface area contributed by atoms with Gasteiger partial charge < -0.3 is 44.1 Å². The minimum Gasteiger partial charge on any atom is -0.481 e. The van der Waals surface area contributed by atoms with Gasteiger partial charge in [0.05, 0.1) is 53.7 Å². The lowest BCUT2D eigenvalue weighted by Gasteiger charge is -2.54. The summed E-state index contributed by atoms with van der Waals surface area (Å²) in [5, 5.41) is 43.9. The monoisotopic (exact) mass is 750 g/mol. The van der Waals surface area contributed by atoms with Crippen LogP contribution in [-0.4, -0.2) is 97.7 Å². The fraction of sp³-hybridized carbons (Fsp3) is 0.905. The average Bonchev–Trinajstić information content (AvgIpc) is 3.46. The van der Waals surface area contributed by atoms with E-state index < -0.39 is 82.9 Å². The molecule has 53 heavy (non-hydrogen) atoms. The third-order valence-corrected chi connectivity index (χ3v) is 14.5. The molecule has 2 spiro atoms. The number of aliphatic carboxylic acids is 1. The molecule has 0 aliphatic carbocycles. The Hall–Kier alpha value is -1.44. The van der Waals surface area contributed by atoms with E-state index in [1.165, 1.54) is 0 Å². The molecule has 4 saturated heterocycles. The predicted molar refractivity (Wildman–Crippen MR) is 199 cm³/mol. The molecule has 0 radical (unpaired) electrons. The van der Waals surface area contributed by atoms with Crippen molar-refractivity contribution in [1.82, 2.24) is 0 Å². The maximum absolute atomic E-state index is 14.4. The van der Waals surface area contributed by atoms with Crippen LogP contribution in [0.1, 0.15) is 128 Å². The van der Waals surface area contributed by atoms with E-state index in [9.17, 15) is 30.0 Å². The van der Waals surface area contributed by atoms with Crippen molar-refractivity contribution in [3.05, 3.63) is 12.2 Å². The van der Waals surface area contributed by atoms with Crippen LogP contribution >= 0.6 is 0 Å². The lowest BCUT2D eigenvalue weighted by Crippen LogP contribution is -2.63. The second-order valence-corrected chi connectivity index (χ2v) is 18.3. The Kier molecular flexibility index (Phi) is 12.8. The average molecular weight is 751 g/mol. The van der Waals surface area contributed by atoms with Crippen LogP contribution in [0.2, 0.25) is 0 Å². The highest BCUT2D eigenvalue weighted by Gasteiger charge is 2.63. The number of ketones is 1. The van der Waals surface area contributed by atoms with Crippen LogP contribution in [0.4, 0.5) is 0 Å². The number of hydrogen-bond donors (Lipinski definition) is 4. The van der Waals surface area contributed by atoms with Crippen LogP contribution in [0.15, 0.2) is 12.2 Å². The second kappa shape index (κ2) is 15.8. The number of aliphatic hydroxyl groups is 3. The molecule has 11 nitrogen and oxygen atoms in total. The maximum Gasteiger partial charge on any atom is 0.308 e. The minimum atomic E-state index is -1.37. The zero-order valence-corrected chi connectivity index (χ0v) is 34.1. The number of hydrogen-bond acceptors (Lipinski definition) is 10. The number of Topliss-reactive ketones (excluding diaryl/α,β-unsaturated/α-hetero) is 1. The molecule has 5 heterocycles. The molecule has 304 valence electrons. The summed E-state index contributed by atoms with van der Waals surface area (Å²) in [6, 6.07) is 0. The van der Waals surface area contributed by atoms with Gasteiger partial charge in [0.15, 0.2) is 5.79 Å². The van der Waals surface area contributed by atoms with E-state index >= 15 is 0 Å². The van der Waals surface area contributed by atoms with E-state index in [1.807, 2.05) is 41.5 Å². The van der Waals surface area contributed by atoms with Gasteiger partial charge in [0.2, 0.25) is 5.79 Å². The van der Waals surface area contributed by atoms with Crippen LogP contribution < -0.4 is 0 Å². The van der Waals surface area contributed by atoms with Crippen LogP contribution in [0.3, 0.4) is 0 Å². The first-order valence-electron chi connectivity index (χ1n) is 20.6. The zero-order chi connectivity index (χ0) is 39.4. The van der Waals surface area contributed by atoms with E-state index in [1.54, 1.807) is 26.0 Å². The van der Waals surface area contributed by atoms with Crippen molar-refractivity contribution in [2.45, 2.75) is 193 Å². The highest BCUT2D eigenvalue weighted by atomic mass is 16.8. The Bertz CT molecular complexity index is 1340. The van der Waals surface area contributed by atoms with E-state index in [0.29, 0.717) is 44.9 Å². The lowest BCUT2D eigenvalue weighted by molar-refractivity contribution is -0.409. The van der Waals surface area contributed by atoms with Gasteiger partial charge >= 0.3 is 5.97 Å². The molecule has 4 fully saturated rings. The van der Waals surface area contributed by atoms with E-state index in [-0.39, 0.29) is 41.7 Å². The molecule has 4 N–H and O–H groups in total. The van der Waals surface area contributed by atoms with E-state index in [2.05, 4.69) is 20.8 Å². The first kappa shape index (κ1) is 42.7. The van der Waals surface area contributed by atoms with Gasteiger partial charge in [-0.1, -0.05) is 55.4 Å². The molecule has 0 saturated carbocycles. The second-order valence-electron chi connectivity index (χ2n) is 18.3. The van der Waals surface area contributed by atoms with Crippen molar-refractivity contribution in [2.75, 3.05) is 0 Å². The van der Waals surface area contributed by atoms with Gasteiger partial charge in [0.25, 0.3) is 0 Å². The Labute approximate surface area is 317 Å². The smallest absolute Gasteiger partial charge is 0.308 e. The molecule has 5 aliphatic heterocycles. The molecular weight excluding hydrogens is 680 g/mol. The normalized spacial score (nSPS) is 47.6. The molecule has 11 heteroatoms. The highest BCUT2D eigenvalue weighted by Crippen LogP contribution is 2.54. The summed E-state index contributed by atoms with van der Waals surface area (Å²) in [4.78, 5) is 26.3. The summed E-state index contributed by atoms with van der Waals surface area (Å²) in [6.07, 6.45) is 4.27. The van der Waals surface area contributed by atoms with Crippen LogP contribution in [0.5, 0.6) is 0 Å². The van der Waals surface area contributed by atoms with Crippen molar-refractivity contribution >= 4 is 11.8 Å². The van der Waals surface area contributed by atoms with Gasteiger partial charge in [-0.15, -0.1) is 0 Å². The van der Waals surface area contributed by atoms with Crippen molar-refractivity contribution in [2.24, 2.45) is 47.3 Å². The Morgan fingerprint density at radius 3 is 2.13 bits per heavy atom. The highest BCUT2D eigenvalue weighted by molar-refractivity contribution is 5.84. The number of ether oxygens (including phenoxy) is 5. The summed E-state index contributed by atoms with van der Waals surface area (Å²) >= 11 is 0. The molecular formula is C42H70O11. The first-order chi connectivity index (χ1) is 24.7. The van der Waals surface area contributed by atoms with Crippen molar-refractivity contribution in [1.29, 1.82) is 0 Å². The topological polar surface area (TPSA) is 161 Å². The standard InChI is InChI=1S/C42H70O11/c1-12-30(34(45)26(7)33(44)27(8)35-22(3)20-23(4)36(50-35)28(9)38(46)47)37-24(5)21-25(6)41(51-37)17-14-31(43)42(53-41)19-18-39(11,52-42)32-15-16-40(48,13-2)29(10)49-32/h14,17,22-33,35-37,43-44,48H,12-13,15-16,18-21H2,1-11H3,(H,46,47). The molecule has 0 aromatic rings. The number of carboxylic acids is 1. The van der Waals surface area contributed by atoms with Crippen molar-refractivity contribution < 1.29 is 53.7 Å². The number of aliphatic hydroxyl groups excluding tert-OH is 2. The first-order valence-corrected chi connectivity index (χ1v) is 20.6. The summed E-state index contributed by atoms with van der Waals surface area (Å²) in [6.45, 7) is 21.4. The summed E-state index contributed by atoms with van der Waals surface area (Å²) in [7, 11) is 0. The van der Waals surface area contributed by atoms with Gasteiger partial charge in [-0.25, -0.2) is 0 Å². The summed E-state index contributed by atoms with van der Waals surface area (Å²) in [5.41, 5.74) is -1.63. The van der Waals surface area contributed by atoms with E-state index in [0.717, 1.165) is 6.42 Å². The number of carboxylic acid groups (broad SMARTS) is 1. The molecule has 5 rings (SSSR count). The van der Waals surface area contributed by atoms with Crippen molar-refractivity contribution in [3.63, 3.8) is 0 Å². The molecule has 19 atom stereocenters. The fourth-order valence-corrected chi connectivity index (χ4v) is 10.7. The fourth-order valence-electron chi connectivity index (χ4n) is 10.7. The van der Waals surface area contributed by atoms with Gasteiger partial charge in [-0.05, 0) is 95.6 Å². The largest absolute Gasteiger partial charge is 0.481 e. The minimum absolute atomic E-state index is 0.0109. The van der Waals surface area contributed by atoms with Gasteiger partial charge in [0, 0.05) is 30.1 Å². The van der Waals surface area contributed by atoms with Crippen LogP contribution in [-0.2, 0) is 33.3 Å². The SMILES string of the molecule is CCC(C(=O)C(C)C(O)C(C)C1OC(C(C)C(=O)O)C(C)CC1C)C1OC2(C=CC(O)C3(CCC(C)(C4CCC(O)(CC)C(C)O4)O3)O2)C(C)CC1C. The zero-order valence-electron chi connectivity index (χ0n) is 34.1. The van der Waals surface area contributed by atoms with Crippen molar-refractivity contribution in [3.8, 4) is 0 Å². The number of rotatable bonds is 11. The lowest BCUT2D eigenvalue weighted by atomic mass is 9.72. The summed E-state index contributed by atoms with van der Waals surface area (Å²) in [5.74, 6) is -5.89. The Morgan fingerprint density at radius 2 is 1.53 bits per heavy atom. The van der Waals surface area contributed by atoms with Gasteiger partial charge in [-0.3, -0.25) is 9.59 Å². The van der Waals surface area contributed by atoms with Crippen LogP contribution in [0, 0.1) is 47.3 Å². The number of carbonyl (C=O) groups is 2. The quantitative estimate of drug-likeness (QED) is 0.182. The Morgan fingerprint density at radius 1 is 0.887 bits per heavy atom. The van der Waals surface area contributed by atoms with E-state index in [4.69, 9.17) is 23.7 Å². The molecule has 0 amide bonds. The molecule has 0 bridgehead atoms. The van der Waals surface area contributed by atoms with Gasteiger partial charge in [0.1, 0.15) is 11.9 Å². The molecule has 0 aromatic heterocycles. The molecule has 19 unspecified atom stereocenters. The van der Waals surface area contributed by atoms with Crippen LogP contribution in [0.25, 0.3) is 0 Å².